The van der Waals surface area contributed by atoms with E-state index in [9.17, 15) is 13.2 Å². The van der Waals surface area contributed by atoms with Gasteiger partial charge in [-0.1, -0.05) is 0 Å². The summed E-state index contributed by atoms with van der Waals surface area (Å²) in [5.41, 5.74) is 6.30. The van der Waals surface area contributed by atoms with Gasteiger partial charge in [-0.05, 0) is 62.3 Å². The Morgan fingerprint density at radius 2 is 1.85 bits per heavy atom. The van der Waals surface area contributed by atoms with Crippen molar-refractivity contribution in [2.75, 3.05) is 11.9 Å². The Kier molecular flexibility index (Phi) is 4.58. The molecule has 0 aliphatic heterocycles. The van der Waals surface area contributed by atoms with E-state index in [2.05, 4.69) is 5.32 Å². The summed E-state index contributed by atoms with van der Waals surface area (Å²) in [5, 5.41) is 3.24. The predicted molar refractivity (Wildman–Crippen MR) is 74.6 cm³/mol. The topological polar surface area (TPSA) is 38.0 Å². The molecule has 0 spiro atoms. The highest BCUT2D eigenvalue weighted by atomic mass is 19.4. The van der Waals surface area contributed by atoms with E-state index in [1.165, 1.54) is 13.0 Å². The van der Waals surface area contributed by atoms with Gasteiger partial charge in [0.1, 0.15) is 0 Å². The molecule has 20 heavy (non-hydrogen) atoms. The van der Waals surface area contributed by atoms with Crippen LogP contribution in [0.1, 0.15) is 36.8 Å². The molecular weight excluding hydrogens is 265 g/mol. The molecule has 1 aromatic rings. The predicted octanol–water partition coefficient (Wildman–Crippen LogP) is 3.94. The van der Waals surface area contributed by atoms with Crippen molar-refractivity contribution in [3.05, 3.63) is 29.3 Å². The fraction of sp³-hybridized carbons (Fsp3) is 0.600. The molecule has 2 nitrogen and oxygen atoms in total. The van der Waals surface area contributed by atoms with Crippen LogP contribution in [0.4, 0.5) is 18.9 Å². The van der Waals surface area contributed by atoms with Crippen LogP contribution in [0.15, 0.2) is 18.2 Å². The zero-order valence-corrected chi connectivity index (χ0v) is 11.6. The molecule has 1 aliphatic rings. The highest BCUT2D eigenvalue weighted by molar-refractivity contribution is 5.49. The summed E-state index contributed by atoms with van der Waals surface area (Å²) >= 11 is 0. The van der Waals surface area contributed by atoms with Crippen molar-refractivity contribution < 1.29 is 13.2 Å². The van der Waals surface area contributed by atoms with Gasteiger partial charge in [0.2, 0.25) is 0 Å². The van der Waals surface area contributed by atoms with Crippen molar-refractivity contribution in [1.82, 2.24) is 0 Å². The molecular formula is C15H21F3N2. The first kappa shape index (κ1) is 15.2. The van der Waals surface area contributed by atoms with Crippen LogP contribution < -0.4 is 11.1 Å². The molecule has 0 heterocycles. The van der Waals surface area contributed by atoms with Crippen LogP contribution >= 0.6 is 0 Å². The summed E-state index contributed by atoms with van der Waals surface area (Å²) in [5.74, 6) is 0.567. The fourth-order valence-electron chi connectivity index (χ4n) is 2.75. The third-order valence-electron chi connectivity index (χ3n) is 4.02. The van der Waals surface area contributed by atoms with E-state index in [4.69, 9.17) is 5.73 Å². The van der Waals surface area contributed by atoms with Crippen molar-refractivity contribution in [2.24, 2.45) is 11.7 Å². The second-order valence-corrected chi connectivity index (χ2v) is 5.69. The minimum atomic E-state index is -4.28. The average molecular weight is 286 g/mol. The minimum absolute atomic E-state index is 0.258. The summed E-state index contributed by atoms with van der Waals surface area (Å²) in [6, 6.07) is 4.54. The molecule has 0 amide bonds. The van der Waals surface area contributed by atoms with Gasteiger partial charge in [0.25, 0.3) is 0 Å². The molecule has 0 unspecified atom stereocenters. The van der Waals surface area contributed by atoms with Gasteiger partial charge < -0.3 is 11.1 Å². The van der Waals surface area contributed by atoms with Gasteiger partial charge >= 0.3 is 6.18 Å². The second-order valence-electron chi connectivity index (χ2n) is 5.69. The van der Waals surface area contributed by atoms with E-state index in [1.54, 1.807) is 6.07 Å². The van der Waals surface area contributed by atoms with Crippen LogP contribution in [0.25, 0.3) is 0 Å². The van der Waals surface area contributed by atoms with Crippen molar-refractivity contribution in [2.45, 2.75) is 44.8 Å². The standard InChI is InChI=1S/C15H21F3N2/c1-10-8-13(6-7-14(10)15(16,17)18)20-9-11-2-4-12(19)5-3-11/h6-8,11-12,20H,2-5,9,19H2,1H3/t11-,12-. The first-order valence-electron chi connectivity index (χ1n) is 7.03. The summed E-state index contributed by atoms with van der Waals surface area (Å²) in [4.78, 5) is 0. The van der Waals surface area contributed by atoms with Crippen LogP contribution in [0.3, 0.4) is 0 Å². The van der Waals surface area contributed by atoms with Crippen molar-refractivity contribution in [1.29, 1.82) is 0 Å². The van der Waals surface area contributed by atoms with Crippen LogP contribution in [-0.4, -0.2) is 12.6 Å². The Morgan fingerprint density at radius 3 is 2.40 bits per heavy atom. The Morgan fingerprint density at radius 1 is 1.20 bits per heavy atom. The normalized spacial score (nSPS) is 23.6. The maximum Gasteiger partial charge on any atom is 0.416 e. The Hall–Kier alpha value is -1.23. The van der Waals surface area contributed by atoms with Gasteiger partial charge in [-0.25, -0.2) is 0 Å². The van der Waals surface area contributed by atoms with Crippen LogP contribution in [0.2, 0.25) is 0 Å². The Balaban J connectivity index is 1.92. The number of anilines is 1. The molecule has 3 N–H and O–H groups in total. The highest BCUT2D eigenvalue weighted by Gasteiger charge is 2.32. The molecule has 0 radical (unpaired) electrons. The van der Waals surface area contributed by atoms with E-state index >= 15 is 0 Å². The number of nitrogens with one attached hydrogen (secondary N) is 1. The number of benzene rings is 1. The monoisotopic (exact) mass is 286 g/mol. The zero-order valence-electron chi connectivity index (χ0n) is 11.6. The third kappa shape index (κ3) is 3.88. The van der Waals surface area contributed by atoms with Crippen LogP contribution in [0.5, 0.6) is 0 Å². The number of halogens is 3. The number of alkyl halides is 3. The van der Waals surface area contributed by atoms with Gasteiger partial charge in [0.15, 0.2) is 0 Å². The molecule has 0 atom stereocenters. The molecule has 5 heteroatoms. The molecule has 1 aliphatic carbocycles. The molecule has 0 bridgehead atoms. The van der Waals surface area contributed by atoms with Crippen molar-refractivity contribution in [3.63, 3.8) is 0 Å². The summed E-state index contributed by atoms with van der Waals surface area (Å²) < 4.78 is 38.0. The maximum atomic E-state index is 12.7. The highest BCUT2D eigenvalue weighted by Crippen LogP contribution is 2.33. The number of hydrogen-bond donors (Lipinski definition) is 2. The van der Waals surface area contributed by atoms with Gasteiger partial charge in [-0.3, -0.25) is 0 Å². The van der Waals surface area contributed by atoms with Crippen molar-refractivity contribution in [3.8, 4) is 0 Å². The van der Waals surface area contributed by atoms with Gasteiger partial charge in [-0.15, -0.1) is 0 Å². The van der Waals surface area contributed by atoms with E-state index in [0.29, 0.717) is 12.0 Å². The molecule has 0 aromatic heterocycles. The second kappa shape index (κ2) is 6.04. The van der Waals surface area contributed by atoms with Gasteiger partial charge in [0.05, 0.1) is 5.56 Å². The number of aryl methyl sites for hydroxylation is 1. The fourth-order valence-corrected chi connectivity index (χ4v) is 2.75. The maximum absolute atomic E-state index is 12.7. The van der Waals surface area contributed by atoms with E-state index < -0.39 is 11.7 Å². The molecule has 1 fully saturated rings. The average Bonchev–Trinajstić information content (AvgIpc) is 2.36. The lowest BCUT2D eigenvalue weighted by atomic mass is 9.86. The van der Waals surface area contributed by atoms with Crippen LogP contribution in [0, 0.1) is 12.8 Å². The van der Waals surface area contributed by atoms with E-state index in [1.807, 2.05) is 0 Å². The first-order valence-corrected chi connectivity index (χ1v) is 7.03. The molecule has 112 valence electrons. The van der Waals surface area contributed by atoms with Gasteiger partial charge in [-0.2, -0.15) is 13.2 Å². The lowest BCUT2D eigenvalue weighted by Crippen LogP contribution is -2.29. The Bertz CT molecular complexity index is 449. The number of nitrogens with two attached hydrogens (primary N) is 1. The van der Waals surface area contributed by atoms with E-state index in [-0.39, 0.29) is 5.56 Å². The lowest BCUT2D eigenvalue weighted by molar-refractivity contribution is -0.138. The largest absolute Gasteiger partial charge is 0.416 e. The molecule has 1 saturated carbocycles. The molecule has 0 saturated heterocycles. The van der Waals surface area contributed by atoms with E-state index in [0.717, 1.165) is 44.0 Å². The van der Waals surface area contributed by atoms with Crippen molar-refractivity contribution >= 4 is 5.69 Å². The number of hydrogen-bond acceptors (Lipinski definition) is 2. The summed E-state index contributed by atoms with van der Waals surface area (Å²) in [7, 11) is 0. The Labute approximate surface area is 117 Å². The minimum Gasteiger partial charge on any atom is -0.385 e. The summed E-state index contributed by atoms with van der Waals surface area (Å²) in [6.07, 6.45) is -0.0134. The quantitative estimate of drug-likeness (QED) is 0.883. The molecule has 2 rings (SSSR count). The zero-order chi connectivity index (χ0) is 14.8. The van der Waals surface area contributed by atoms with Gasteiger partial charge in [0, 0.05) is 18.3 Å². The molecule has 1 aromatic carbocycles. The lowest BCUT2D eigenvalue weighted by Gasteiger charge is -2.26. The third-order valence-corrected chi connectivity index (χ3v) is 4.02. The smallest absolute Gasteiger partial charge is 0.385 e. The number of rotatable bonds is 3. The summed E-state index contributed by atoms with van der Waals surface area (Å²) in [6.45, 7) is 2.30. The first-order chi connectivity index (χ1) is 9.36. The van der Waals surface area contributed by atoms with Crippen LogP contribution in [-0.2, 0) is 6.18 Å². The SMILES string of the molecule is Cc1cc(NC[C@H]2CC[C@H](N)CC2)ccc1C(F)(F)F.